The first-order valence-electron chi connectivity index (χ1n) is 8.02. The first-order chi connectivity index (χ1) is 9.41. The Morgan fingerprint density at radius 1 is 1.14 bits per heavy atom. The lowest BCUT2D eigenvalue weighted by Crippen LogP contribution is -2.67. The molecule has 0 aromatic heterocycles. The van der Waals surface area contributed by atoms with E-state index in [0.29, 0.717) is 18.9 Å². The fraction of sp³-hybridized carbons (Fsp3) is 0.882. The highest BCUT2D eigenvalue weighted by Crippen LogP contribution is 2.32. The van der Waals surface area contributed by atoms with Crippen LogP contribution in [-0.2, 0) is 9.59 Å². The Morgan fingerprint density at radius 3 is 2.05 bits per heavy atom. The molecule has 0 radical (unpaired) electrons. The molecule has 0 aromatic rings. The predicted molar refractivity (Wildman–Crippen MR) is 85.8 cm³/mol. The van der Waals surface area contributed by atoms with Gasteiger partial charge in [0.1, 0.15) is 12.1 Å². The largest absolute Gasteiger partial charge is 0.342 e. The molecule has 2 amide bonds. The number of carbonyl (C=O) groups is 2. The minimum absolute atomic E-state index is 0.0108. The molecule has 1 aliphatic heterocycles. The van der Waals surface area contributed by atoms with Gasteiger partial charge in [0.25, 0.3) is 0 Å². The fourth-order valence-corrected chi connectivity index (χ4v) is 2.56. The Hall–Kier alpha value is -1.06. The van der Waals surface area contributed by atoms with Crippen molar-refractivity contribution < 1.29 is 9.59 Å². The maximum absolute atomic E-state index is 12.9. The third-order valence-corrected chi connectivity index (χ3v) is 4.89. The molecule has 0 aromatic carbocycles. The number of nitrogens with one attached hydrogen (secondary N) is 1. The summed E-state index contributed by atoms with van der Waals surface area (Å²) in [4.78, 5) is 27.1. The topological polar surface area (TPSA) is 49.4 Å². The number of nitrogens with zero attached hydrogens (tertiary/aromatic N) is 1. The van der Waals surface area contributed by atoms with Gasteiger partial charge in [0.05, 0.1) is 0 Å². The zero-order chi connectivity index (χ0) is 16.6. The van der Waals surface area contributed by atoms with E-state index >= 15 is 0 Å². The van der Waals surface area contributed by atoms with Gasteiger partial charge in [-0.2, -0.15) is 0 Å². The van der Waals surface area contributed by atoms with Gasteiger partial charge >= 0.3 is 0 Å². The van der Waals surface area contributed by atoms with Crippen LogP contribution in [-0.4, -0.2) is 35.3 Å². The molecule has 1 fully saturated rings. The first kappa shape index (κ1) is 18.0. The van der Waals surface area contributed by atoms with E-state index < -0.39 is 6.04 Å². The molecule has 0 spiro atoms. The van der Waals surface area contributed by atoms with Crippen LogP contribution < -0.4 is 5.32 Å². The van der Waals surface area contributed by atoms with Crippen molar-refractivity contribution in [2.24, 2.45) is 16.7 Å². The molecular formula is C17H32N2O2. The summed E-state index contributed by atoms with van der Waals surface area (Å²) in [5.74, 6) is 0.486. The van der Waals surface area contributed by atoms with E-state index in [1.54, 1.807) is 0 Å². The summed E-state index contributed by atoms with van der Waals surface area (Å²) < 4.78 is 0. The number of amides is 2. The summed E-state index contributed by atoms with van der Waals surface area (Å²) in [6, 6.07) is -0.773. The Bertz CT molecular complexity index is 408. The van der Waals surface area contributed by atoms with Crippen LogP contribution in [0.25, 0.3) is 0 Å². The van der Waals surface area contributed by atoms with Crippen molar-refractivity contribution in [2.75, 3.05) is 6.54 Å². The van der Waals surface area contributed by atoms with E-state index in [4.69, 9.17) is 0 Å². The second kappa shape index (κ2) is 5.98. The molecule has 0 bridgehead atoms. The van der Waals surface area contributed by atoms with Crippen molar-refractivity contribution in [3.63, 3.8) is 0 Å². The number of hydrogen-bond donors (Lipinski definition) is 1. The Balaban J connectivity index is 3.11. The molecule has 1 saturated heterocycles. The van der Waals surface area contributed by atoms with Gasteiger partial charge in [-0.25, -0.2) is 0 Å². The molecule has 21 heavy (non-hydrogen) atoms. The number of carbonyl (C=O) groups excluding carboxylic acids is 2. The lowest BCUT2D eigenvalue weighted by Gasteiger charge is -2.46. The monoisotopic (exact) mass is 296 g/mol. The Kier molecular flexibility index (Phi) is 5.12. The standard InChI is InChI=1S/C17H32N2O2/c1-9-12-14(20)18-13(16(4,5)6)15(21)19(12)10-17(7,8)11(2)3/h11-13H,9-10H2,1-8H3,(H,18,20). The molecule has 0 saturated carbocycles. The van der Waals surface area contributed by atoms with Gasteiger partial charge in [0.2, 0.25) is 11.8 Å². The average Bonchev–Trinajstić information content (AvgIpc) is 2.31. The van der Waals surface area contributed by atoms with Crippen molar-refractivity contribution in [2.45, 2.75) is 73.9 Å². The van der Waals surface area contributed by atoms with Gasteiger partial charge in [0, 0.05) is 6.54 Å². The van der Waals surface area contributed by atoms with Crippen LogP contribution in [0.4, 0.5) is 0 Å². The summed E-state index contributed by atoms with van der Waals surface area (Å²) in [5.41, 5.74) is -0.283. The number of rotatable bonds is 4. The summed E-state index contributed by atoms with van der Waals surface area (Å²) in [6.45, 7) is 17.2. The van der Waals surface area contributed by atoms with Gasteiger partial charge in [-0.05, 0) is 23.2 Å². The van der Waals surface area contributed by atoms with Gasteiger partial charge < -0.3 is 10.2 Å². The molecular weight excluding hydrogens is 264 g/mol. The summed E-state index contributed by atoms with van der Waals surface area (Å²) in [7, 11) is 0. The lowest BCUT2D eigenvalue weighted by atomic mass is 9.78. The third kappa shape index (κ3) is 3.78. The maximum Gasteiger partial charge on any atom is 0.246 e. The second-order valence-electron chi connectivity index (χ2n) is 8.34. The molecule has 2 atom stereocenters. The molecule has 122 valence electrons. The van der Waals surface area contributed by atoms with Gasteiger partial charge in [-0.1, -0.05) is 55.4 Å². The minimum atomic E-state index is -0.434. The van der Waals surface area contributed by atoms with Crippen LogP contribution in [0.3, 0.4) is 0 Å². The summed E-state index contributed by atoms with van der Waals surface area (Å²) in [6.07, 6.45) is 0.655. The van der Waals surface area contributed by atoms with Crippen LogP contribution in [0.2, 0.25) is 0 Å². The fourth-order valence-electron chi connectivity index (χ4n) is 2.56. The normalized spacial score (nSPS) is 24.5. The van der Waals surface area contributed by atoms with Crippen LogP contribution in [0, 0.1) is 16.7 Å². The molecule has 1 N–H and O–H groups in total. The Labute approximate surface area is 129 Å². The van der Waals surface area contributed by atoms with E-state index in [9.17, 15) is 9.59 Å². The predicted octanol–water partition coefficient (Wildman–Crippen LogP) is 2.82. The summed E-state index contributed by atoms with van der Waals surface area (Å²) in [5, 5.41) is 2.92. The van der Waals surface area contributed by atoms with E-state index in [1.165, 1.54) is 0 Å². The smallest absolute Gasteiger partial charge is 0.246 e. The van der Waals surface area contributed by atoms with E-state index in [0.717, 1.165) is 0 Å². The van der Waals surface area contributed by atoms with E-state index in [2.05, 4.69) is 33.0 Å². The zero-order valence-corrected chi connectivity index (χ0v) is 14.9. The number of hydrogen-bond acceptors (Lipinski definition) is 2. The molecule has 1 aliphatic rings. The molecule has 1 heterocycles. The third-order valence-electron chi connectivity index (χ3n) is 4.89. The molecule has 1 rings (SSSR count). The van der Waals surface area contributed by atoms with Crippen molar-refractivity contribution in [3.8, 4) is 0 Å². The number of piperazine rings is 1. The SMILES string of the molecule is CCC1C(=O)NC(C(C)(C)C)C(=O)N1CC(C)(C)C(C)C. The molecule has 2 unspecified atom stereocenters. The lowest BCUT2D eigenvalue weighted by molar-refractivity contribution is -0.154. The first-order valence-corrected chi connectivity index (χ1v) is 8.02. The van der Waals surface area contributed by atoms with Crippen LogP contribution in [0.1, 0.15) is 61.8 Å². The Morgan fingerprint density at radius 2 is 1.67 bits per heavy atom. The second-order valence-corrected chi connectivity index (χ2v) is 8.34. The average molecular weight is 296 g/mol. The van der Waals surface area contributed by atoms with Gasteiger partial charge in [-0.15, -0.1) is 0 Å². The van der Waals surface area contributed by atoms with Crippen molar-refractivity contribution in [3.05, 3.63) is 0 Å². The van der Waals surface area contributed by atoms with E-state index in [1.807, 2.05) is 32.6 Å². The van der Waals surface area contributed by atoms with Crippen molar-refractivity contribution in [1.82, 2.24) is 10.2 Å². The molecule has 4 heteroatoms. The zero-order valence-electron chi connectivity index (χ0n) is 14.9. The maximum atomic E-state index is 12.9. The van der Waals surface area contributed by atoms with Crippen LogP contribution in [0.15, 0.2) is 0 Å². The minimum Gasteiger partial charge on any atom is -0.342 e. The quantitative estimate of drug-likeness (QED) is 0.867. The van der Waals surface area contributed by atoms with E-state index in [-0.39, 0.29) is 28.7 Å². The highest BCUT2D eigenvalue weighted by molar-refractivity contribution is 5.97. The van der Waals surface area contributed by atoms with Crippen molar-refractivity contribution >= 4 is 11.8 Å². The van der Waals surface area contributed by atoms with Gasteiger partial charge in [0.15, 0.2) is 0 Å². The van der Waals surface area contributed by atoms with Gasteiger partial charge in [-0.3, -0.25) is 9.59 Å². The van der Waals surface area contributed by atoms with Crippen molar-refractivity contribution in [1.29, 1.82) is 0 Å². The molecule has 0 aliphatic carbocycles. The van der Waals surface area contributed by atoms with Crippen LogP contribution in [0.5, 0.6) is 0 Å². The highest BCUT2D eigenvalue weighted by atomic mass is 16.2. The molecule has 4 nitrogen and oxygen atoms in total. The summed E-state index contributed by atoms with van der Waals surface area (Å²) >= 11 is 0. The van der Waals surface area contributed by atoms with Crippen LogP contribution >= 0.6 is 0 Å². The highest BCUT2D eigenvalue weighted by Gasteiger charge is 2.46.